The van der Waals surface area contributed by atoms with E-state index in [2.05, 4.69) is 55.4 Å². The Bertz CT molecular complexity index is 417. The Labute approximate surface area is 129 Å². The first-order valence-electron chi connectivity index (χ1n) is 8.31. The van der Waals surface area contributed by atoms with Crippen molar-refractivity contribution in [3.63, 3.8) is 0 Å². The van der Waals surface area contributed by atoms with E-state index in [0.29, 0.717) is 0 Å². The van der Waals surface area contributed by atoms with E-state index in [4.69, 9.17) is 5.84 Å². The molecule has 1 aromatic carbocycles. The first-order chi connectivity index (χ1) is 10.0. The van der Waals surface area contributed by atoms with Gasteiger partial charge in [0.1, 0.15) is 0 Å². The minimum absolute atomic E-state index is 0.0734. The highest BCUT2D eigenvalue weighted by atomic mass is 15.3. The molecule has 118 valence electrons. The van der Waals surface area contributed by atoms with Gasteiger partial charge >= 0.3 is 0 Å². The lowest BCUT2D eigenvalue weighted by molar-refractivity contribution is 0.0835. The number of hydrazine groups is 1. The first-order valence-corrected chi connectivity index (χ1v) is 8.31. The van der Waals surface area contributed by atoms with Gasteiger partial charge in [-0.05, 0) is 58.7 Å². The molecule has 0 radical (unpaired) electrons. The molecule has 0 spiro atoms. The summed E-state index contributed by atoms with van der Waals surface area (Å²) in [6, 6.07) is 9.07. The van der Waals surface area contributed by atoms with E-state index in [-0.39, 0.29) is 11.6 Å². The Hall–Kier alpha value is -0.900. The third-order valence-corrected chi connectivity index (χ3v) is 5.04. The third-order valence-electron chi connectivity index (χ3n) is 5.04. The standard InChI is InChI=1S/C18H31N3/c1-15-8-10-16(11-9-15)14-17(20-19)18(2,3)21-12-6-4-5-7-13-21/h8-11,17,20H,4-7,12-14,19H2,1-3H3. The van der Waals surface area contributed by atoms with Crippen molar-refractivity contribution in [2.24, 2.45) is 5.84 Å². The maximum atomic E-state index is 5.91. The van der Waals surface area contributed by atoms with Gasteiger partial charge in [0.05, 0.1) is 0 Å². The van der Waals surface area contributed by atoms with Crippen LogP contribution < -0.4 is 11.3 Å². The molecule has 0 saturated carbocycles. The molecule has 3 heteroatoms. The topological polar surface area (TPSA) is 41.3 Å². The summed E-state index contributed by atoms with van der Waals surface area (Å²) in [6.07, 6.45) is 6.33. The zero-order chi connectivity index (χ0) is 15.3. The molecule has 3 nitrogen and oxygen atoms in total. The number of hydrogen-bond acceptors (Lipinski definition) is 3. The van der Waals surface area contributed by atoms with Crippen LogP contribution in [0.25, 0.3) is 0 Å². The smallest absolute Gasteiger partial charge is 0.0429 e. The van der Waals surface area contributed by atoms with E-state index in [0.717, 1.165) is 6.42 Å². The van der Waals surface area contributed by atoms with Gasteiger partial charge in [0.15, 0.2) is 0 Å². The molecule has 1 aliphatic rings. The van der Waals surface area contributed by atoms with Crippen molar-refractivity contribution >= 4 is 0 Å². The van der Waals surface area contributed by atoms with Crippen molar-refractivity contribution in [1.82, 2.24) is 10.3 Å². The SMILES string of the molecule is Cc1ccc(CC(NN)C(C)(C)N2CCCCCC2)cc1. The Morgan fingerprint density at radius 2 is 1.67 bits per heavy atom. The Balaban J connectivity index is 2.08. The van der Waals surface area contributed by atoms with Crippen molar-refractivity contribution in [2.45, 2.75) is 64.5 Å². The third kappa shape index (κ3) is 4.29. The van der Waals surface area contributed by atoms with Crippen LogP contribution in [0, 0.1) is 6.92 Å². The lowest BCUT2D eigenvalue weighted by Gasteiger charge is -2.43. The lowest BCUT2D eigenvalue weighted by atomic mass is 9.87. The van der Waals surface area contributed by atoms with Crippen LogP contribution in [-0.2, 0) is 6.42 Å². The number of aryl methyl sites for hydroxylation is 1. The van der Waals surface area contributed by atoms with Crippen LogP contribution in [0.1, 0.15) is 50.7 Å². The molecule has 1 saturated heterocycles. The molecular weight excluding hydrogens is 258 g/mol. The number of likely N-dealkylation sites (tertiary alicyclic amines) is 1. The number of hydrogen-bond donors (Lipinski definition) is 2. The van der Waals surface area contributed by atoms with Crippen LogP contribution in [0.4, 0.5) is 0 Å². The molecule has 0 bridgehead atoms. The molecule has 1 fully saturated rings. The van der Waals surface area contributed by atoms with Crippen molar-refractivity contribution < 1.29 is 0 Å². The molecule has 1 aromatic rings. The molecule has 1 aliphatic heterocycles. The summed E-state index contributed by atoms with van der Waals surface area (Å²) in [7, 11) is 0. The summed E-state index contributed by atoms with van der Waals surface area (Å²) >= 11 is 0. The summed E-state index contributed by atoms with van der Waals surface area (Å²) in [5, 5.41) is 0. The summed E-state index contributed by atoms with van der Waals surface area (Å²) in [6.45, 7) is 9.18. The number of benzene rings is 1. The lowest BCUT2D eigenvalue weighted by Crippen LogP contribution is -2.60. The second-order valence-corrected chi connectivity index (χ2v) is 6.96. The van der Waals surface area contributed by atoms with E-state index < -0.39 is 0 Å². The highest BCUT2D eigenvalue weighted by Gasteiger charge is 2.34. The van der Waals surface area contributed by atoms with Crippen LogP contribution in [0.5, 0.6) is 0 Å². The van der Waals surface area contributed by atoms with E-state index >= 15 is 0 Å². The zero-order valence-electron chi connectivity index (χ0n) is 13.9. The van der Waals surface area contributed by atoms with Gasteiger partial charge in [0.25, 0.3) is 0 Å². The van der Waals surface area contributed by atoms with Crippen LogP contribution in [-0.4, -0.2) is 29.6 Å². The summed E-state index contributed by atoms with van der Waals surface area (Å²) in [5.41, 5.74) is 5.82. The van der Waals surface area contributed by atoms with Gasteiger partial charge in [-0.25, -0.2) is 0 Å². The van der Waals surface area contributed by atoms with Crippen LogP contribution in [0.2, 0.25) is 0 Å². The molecule has 0 amide bonds. The molecule has 1 atom stereocenters. The van der Waals surface area contributed by atoms with E-state index in [9.17, 15) is 0 Å². The Kier molecular flexibility index (Phi) is 5.80. The number of nitrogens with zero attached hydrogens (tertiary/aromatic N) is 1. The minimum Gasteiger partial charge on any atom is -0.297 e. The normalized spacial score (nSPS) is 19.2. The fourth-order valence-corrected chi connectivity index (χ4v) is 3.34. The second kappa shape index (κ2) is 7.39. The quantitative estimate of drug-likeness (QED) is 0.647. The largest absolute Gasteiger partial charge is 0.297 e. The van der Waals surface area contributed by atoms with Gasteiger partial charge in [-0.1, -0.05) is 42.7 Å². The molecule has 3 N–H and O–H groups in total. The number of rotatable bonds is 5. The predicted molar refractivity (Wildman–Crippen MR) is 90.1 cm³/mol. The van der Waals surface area contributed by atoms with Crippen LogP contribution in [0.15, 0.2) is 24.3 Å². The highest BCUT2D eigenvalue weighted by molar-refractivity contribution is 5.22. The Morgan fingerprint density at radius 3 is 2.19 bits per heavy atom. The summed E-state index contributed by atoms with van der Waals surface area (Å²) in [5.74, 6) is 5.91. The van der Waals surface area contributed by atoms with Crippen molar-refractivity contribution in [3.8, 4) is 0 Å². The zero-order valence-corrected chi connectivity index (χ0v) is 13.9. The molecule has 21 heavy (non-hydrogen) atoms. The maximum absolute atomic E-state index is 5.91. The monoisotopic (exact) mass is 289 g/mol. The fourth-order valence-electron chi connectivity index (χ4n) is 3.34. The van der Waals surface area contributed by atoms with E-state index in [1.54, 1.807) is 0 Å². The van der Waals surface area contributed by atoms with E-state index in [1.165, 1.54) is 49.9 Å². The minimum atomic E-state index is 0.0734. The van der Waals surface area contributed by atoms with Gasteiger partial charge in [-0.15, -0.1) is 0 Å². The molecule has 1 unspecified atom stereocenters. The molecule has 0 aliphatic carbocycles. The van der Waals surface area contributed by atoms with Crippen molar-refractivity contribution in [1.29, 1.82) is 0 Å². The molecule has 1 heterocycles. The van der Waals surface area contributed by atoms with Crippen LogP contribution in [0.3, 0.4) is 0 Å². The maximum Gasteiger partial charge on any atom is 0.0429 e. The molecule has 2 rings (SSSR count). The molecule has 0 aromatic heterocycles. The van der Waals surface area contributed by atoms with Gasteiger partial charge in [0, 0.05) is 11.6 Å². The highest BCUT2D eigenvalue weighted by Crippen LogP contribution is 2.25. The van der Waals surface area contributed by atoms with Crippen LogP contribution >= 0.6 is 0 Å². The van der Waals surface area contributed by atoms with Crippen molar-refractivity contribution in [3.05, 3.63) is 35.4 Å². The van der Waals surface area contributed by atoms with Gasteiger partial charge in [-0.2, -0.15) is 0 Å². The van der Waals surface area contributed by atoms with Crippen molar-refractivity contribution in [2.75, 3.05) is 13.1 Å². The summed E-state index contributed by atoms with van der Waals surface area (Å²) < 4.78 is 0. The van der Waals surface area contributed by atoms with Gasteiger partial charge in [0.2, 0.25) is 0 Å². The average molecular weight is 289 g/mol. The van der Waals surface area contributed by atoms with Gasteiger partial charge in [-0.3, -0.25) is 16.2 Å². The number of nitrogens with two attached hydrogens (primary N) is 1. The van der Waals surface area contributed by atoms with E-state index in [1.807, 2.05) is 0 Å². The first kappa shape index (κ1) is 16.5. The second-order valence-electron chi connectivity index (χ2n) is 6.96. The Morgan fingerprint density at radius 1 is 1.10 bits per heavy atom. The number of nitrogens with one attached hydrogen (secondary N) is 1. The molecular formula is C18H31N3. The fraction of sp³-hybridized carbons (Fsp3) is 0.667. The predicted octanol–water partition coefficient (Wildman–Crippen LogP) is 3.02. The summed E-state index contributed by atoms with van der Waals surface area (Å²) in [4.78, 5) is 2.62. The van der Waals surface area contributed by atoms with Gasteiger partial charge < -0.3 is 0 Å². The average Bonchev–Trinajstić information content (AvgIpc) is 2.76.